The quantitative estimate of drug-likeness (QED) is 0.879. The summed E-state index contributed by atoms with van der Waals surface area (Å²) in [5, 5.41) is 13.8. The summed E-state index contributed by atoms with van der Waals surface area (Å²) in [6.07, 6.45) is 2.69. The van der Waals surface area contributed by atoms with Crippen molar-refractivity contribution < 1.29 is 9.90 Å². The largest absolute Gasteiger partial charge is 0.478 e. The molecule has 0 aliphatic heterocycles. The van der Waals surface area contributed by atoms with Crippen molar-refractivity contribution in [3.05, 3.63) is 57.9 Å². The van der Waals surface area contributed by atoms with Gasteiger partial charge in [-0.05, 0) is 31.6 Å². The van der Waals surface area contributed by atoms with E-state index in [0.717, 1.165) is 28.6 Å². The zero-order valence-electron chi connectivity index (χ0n) is 11.3. The zero-order chi connectivity index (χ0) is 14.7. The van der Waals surface area contributed by atoms with Crippen LogP contribution in [-0.4, -0.2) is 20.9 Å². The van der Waals surface area contributed by atoms with E-state index in [9.17, 15) is 4.79 Å². The van der Waals surface area contributed by atoms with Gasteiger partial charge in [0.1, 0.15) is 0 Å². The number of carbonyl (C=O) groups is 1. The fraction of sp³-hybridized carbons (Fsp3) is 0.200. The number of nitrogens with zero attached hydrogens (tertiary/aromatic N) is 2. The minimum Gasteiger partial charge on any atom is -0.478 e. The third kappa shape index (κ3) is 3.08. The maximum absolute atomic E-state index is 10.6. The Kier molecular flexibility index (Phi) is 4.25. The minimum absolute atomic E-state index is 0.563. The molecule has 0 radical (unpaired) electrons. The highest BCUT2D eigenvalue weighted by Crippen LogP contribution is 2.20. The van der Waals surface area contributed by atoms with Crippen molar-refractivity contribution in [2.45, 2.75) is 20.4 Å². The summed E-state index contributed by atoms with van der Waals surface area (Å²) in [7, 11) is 0. The van der Waals surface area contributed by atoms with E-state index in [0.29, 0.717) is 11.6 Å². The van der Waals surface area contributed by atoms with Gasteiger partial charge >= 0.3 is 5.97 Å². The van der Waals surface area contributed by atoms with E-state index >= 15 is 0 Å². The predicted molar refractivity (Wildman–Crippen MR) is 78.9 cm³/mol. The number of benzene rings is 1. The van der Waals surface area contributed by atoms with Crippen molar-refractivity contribution in [2.24, 2.45) is 0 Å². The monoisotopic (exact) mass is 290 g/mol. The number of carboxylic acids is 1. The minimum atomic E-state index is -0.970. The van der Waals surface area contributed by atoms with Gasteiger partial charge in [-0.25, -0.2) is 4.79 Å². The smallest absolute Gasteiger partial charge is 0.328 e. The van der Waals surface area contributed by atoms with Crippen LogP contribution < -0.4 is 0 Å². The van der Waals surface area contributed by atoms with Gasteiger partial charge in [-0.3, -0.25) is 4.68 Å². The summed E-state index contributed by atoms with van der Waals surface area (Å²) in [4.78, 5) is 10.6. The highest BCUT2D eigenvalue weighted by Gasteiger charge is 2.10. The molecule has 0 aliphatic carbocycles. The molecule has 0 fully saturated rings. The molecule has 0 spiro atoms. The highest BCUT2D eigenvalue weighted by atomic mass is 35.5. The second kappa shape index (κ2) is 5.92. The number of halogens is 1. The lowest BCUT2D eigenvalue weighted by molar-refractivity contribution is -0.131. The number of aryl methyl sites for hydroxylation is 1. The lowest BCUT2D eigenvalue weighted by Crippen LogP contribution is -2.04. The van der Waals surface area contributed by atoms with Crippen molar-refractivity contribution in [3.8, 4) is 0 Å². The van der Waals surface area contributed by atoms with Gasteiger partial charge in [-0.2, -0.15) is 5.10 Å². The van der Waals surface area contributed by atoms with Gasteiger partial charge in [-0.1, -0.05) is 29.8 Å². The molecule has 0 saturated heterocycles. The lowest BCUT2D eigenvalue weighted by atomic mass is 10.2. The average Bonchev–Trinajstić information content (AvgIpc) is 2.65. The Balaban J connectivity index is 2.33. The number of aromatic nitrogens is 2. The van der Waals surface area contributed by atoms with Gasteiger partial charge in [0.2, 0.25) is 0 Å². The molecular formula is C15H15ClN2O2. The zero-order valence-corrected chi connectivity index (χ0v) is 12.1. The number of carboxylic acid groups (broad SMARTS) is 1. The lowest BCUT2D eigenvalue weighted by Gasteiger charge is -2.06. The summed E-state index contributed by atoms with van der Waals surface area (Å²) in [6, 6.07) is 7.60. The summed E-state index contributed by atoms with van der Waals surface area (Å²) in [5.41, 5.74) is 3.53. The summed E-state index contributed by atoms with van der Waals surface area (Å²) in [6.45, 7) is 4.34. The third-order valence-corrected chi connectivity index (χ3v) is 3.48. The molecule has 2 aromatic rings. The predicted octanol–water partition coefficient (Wildman–Crippen LogP) is 3.30. The van der Waals surface area contributed by atoms with Crippen molar-refractivity contribution >= 4 is 23.6 Å². The Hall–Kier alpha value is -2.07. The van der Waals surface area contributed by atoms with Gasteiger partial charge in [0.15, 0.2) is 0 Å². The molecule has 20 heavy (non-hydrogen) atoms. The van der Waals surface area contributed by atoms with E-state index < -0.39 is 5.97 Å². The molecule has 1 heterocycles. The van der Waals surface area contributed by atoms with Crippen LogP contribution in [0.3, 0.4) is 0 Å². The van der Waals surface area contributed by atoms with Crippen LogP contribution in [0.2, 0.25) is 5.02 Å². The van der Waals surface area contributed by atoms with Crippen LogP contribution in [0.1, 0.15) is 22.5 Å². The van der Waals surface area contributed by atoms with Crippen molar-refractivity contribution in [1.82, 2.24) is 9.78 Å². The molecule has 1 N–H and O–H groups in total. The molecular weight excluding hydrogens is 276 g/mol. The first kappa shape index (κ1) is 14.3. The van der Waals surface area contributed by atoms with E-state index in [1.165, 1.54) is 0 Å². The Morgan fingerprint density at radius 1 is 1.40 bits per heavy atom. The van der Waals surface area contributed by atoms with Crippen molar-refractivity contribution in [1.29, 1.82) is 0 Å². The van der Waals surface area contributed by atoms with Gasteiger partial charge in [-0.15, -0.1) is 0 Å². The van der Waals surface area contributed by atoms with Crippen molar-refractivity contribution in [3.63, 3.8) is 0 Å². The summed E-state index contributed by atoms with van der Waals surface area (Å²) < 4.78 is 1.83. The van der Waals surface area contributed by atoms with Crippen LogP contribution >= 0.6 is 11.6 Å². The first-order valence-electron chi connectivity index (χ1n) is 6.17. The molecule has 1 aromatic carbocycles. The fourth-order valence-electron chi connectivity index (χ4n) is 2.05. The van der Waals surface area contributed by atoms with Gasteiger partial charge in [0.05, 0.1) is 12.2 Å². The van der Waals surface area contributed by atoms with E-state index in [2.05, 4.69) is 5.10 Å². The van der Waals surface area contributed by atoms with E-state index in [1.54, 1.807) is 6.08 Å². The topological polar surface area (TPSA) is 55.1 Å². The van der Waals surface area contributed by atoms with Gasteiger partial charge in [0.25, 0.3) is 0 Å². The van der Waals surface area contributed by atoms with Crippen LogP contribution in [-0.2, 0) is 11.3 Å². The molecule has 0 bridgehead atoms. The second-order valence-corrected chi connectivity index (χ2v) is 4.91. The first-order chi connectivity index (χ1) is 9.49. The van der Waals surface area contributed by atoms with E-state index in [4.69, 9.17) is 16.7 Å². The Bertz CT molecular complexity index is 675. The molecule has 2 rings (SSSR count). The van der Waals surface area contributed by atoms with Crippen LogP contribution in [0.5, 0.6) is 0 Å². The van der Waals surface area contributed by atoms with E-state index in [-0.39, 0.29) is 0 Å². The van der Waals surface area contributed by atoms with Crippen molar-refractivity contribution in [2.75, 3.05) is 0 Å². The molecule has 0 atom stereocenters. The summed E-state index contributed by atoms with van der Waals surface area (Å²) in [5.74, 6) is -0.970. The normalized spacial score (nSPS) is 11.2. The second-order valence-electron chi connectivity index (χ2n) is 4.51. The molecule has 0 saturated carbocycles. The highest BCUT2D eigenvalue weighted by molar-refractivity contribution is 6.31. The fourth-order valence-corrected chi connectivity index (χ4v) is 2.24. The van der Waals surface area contributed by atoms with Crippen LogP contribution in [0, 0.1) is 13.8 Å². The summed E-state index contributed by atoms with van der Waals surface area (Å²) >= 11 is 6.14. The average molecular weight is 291 g/mol. The molecule has 5 heteroatoms. The Morgan fingerprint density at radius 2 is 2.10 bits per heavy atom. The van der Waals surface area contributed by atoms with E-state index in [1.807, 2.05) is 42.8 Å². The molecule has 0 amide bonds. The van der Waals surface area contributed by atoms with Gasteiger partial charge in [0, 0.05) is 22.4 Å². The molecule has 104 valence electrons. The maximum Gasteiger partial charge on any atom is 0.328 e. The van der Waals surface area contributed by atoms with Crippen LogP contribution in [0.25, 0.3) is 6.08 Å². The number of hydrogen-bond donors (Lipinski definition) is 1. The number of rotatable bonds is 4. The molecule has 0 unspecified atom stereocenters. The maximum atomic E-state index is 10.6. The number of hydrogen-bond acceptors (Lipinski definition) is 2. The number of aliphatic carboxylic acids is 1. The standard InChI is InChI=1S/C15H15ClN2O2/c1-10-13(7-8-15(19)20)11(2)18(17-10)9-12-5-3-4-6-14(12)16/h3-8H,9H2,1-2H3,(H,19,20)/b8-7+. The Morgan fingerprint density at radius 3 is 2.75 bits per heavy atom. The van der Waals surface area contributed by atoms with Gasteiger partial charge < -0.3 is 5.11 Å². The SMILES string of the molecule is Cc1nn(Cc2ccccc2Cl)c(C)c1/C=C/C(=O)O. The molecule has 0 aliphatic rings. The molecule has 4 nitrogen and oxygen atoms in total. The van der Waals surface area contributed by atoms with Crippen LogP contribution in [0.15, 0.2) is 30.3 Å². The molecule has 1 aromatic heterocycles. The van der Waals surface area contributed by atoms with Crippen LogP contribution in [0.4, 0.5) is 0 Å². The third-order valence-electron chi connectivity index (χ3n) is 3.11. The Labute approximate surface area is 122 Å². The first-order valence-corrected chi connectivity index (χ1v) is 6.55.